The van der Waals surface area contributed by atoms with Gasteiger partial charge < -0.3 is 9.80 Å². The highest BCUT2D eigenvalue weighted by Crippen LogP contribution is 2.45. The van der Waals surface area contributed by atoms with Crippen LogP contribution in [0.25, 0.3) is 32.3 Å². The standard InChI is InChI=1S/C42H30N2/c1-3-17-35(18-4-1)43(37-25-23-31-13-7-9-15-33(31)29-37)41-27-28-42(40-22-12-11-21-39(40)41)44(36-19-5-2-6-20-36)38-26-24-32-14-8-10-16-34(32)30-38/h1-30H. The van der Waals surface area contributed by atoms with Gasteiger partial charge in [0.05, 0.1) is 11.4 Å². The van der Waals surface area contributed by atoms with Crippen LogP contribution in [0.4, 0.5) is 34.1 Å². The summed E-state index contributed by atoms with van der Waals surface area (Å²) in [5.74, 6) is 0. The number of nitrogens with zero attached hydrogens (tertiary/aromatic N) is 2. The van der Waals surface area contributed by atoms with Crippen molar-refractivity contribution < 1.29 is 0 Å². The molecular weight excluding hydrogens is 532 g/mol. The molecule has 0 N–H and O–H groups in total. The Morgan fingerprint density at radius 1 is 0.250 bits per heavy atom. The number of hydrogen-bond acceptors (Lipinski definition) is 2. The van der Waals surface area contributed by atoms with E-state index in [1.54, 1.807) is 0 Å². The van der Waals surface area contributed by atoms with Gasteiger partial charge in [-0.25, -0.2) is 0 Å². The Morgan fingerprint density at radius 3 is 1.05 bits per heavy atom. The van der Waals surface area contributed by atoms with Crippen LogP contribution in [0.5, 0.6) is 0 Å². The molecule has 8 aromatic rings. The molecule has 0 heterocycles. The summed E-state index contributed by atoms with van der Waals surface area (Å²) in [5, 5.41) is 7.28. The summed E-state index contributed by atoms with van der Waals surface area (Å²) in [6, 6.07) is 65.2. The molecule has 44 heavy (non-hydrogen) atoms. The van der Waals surface area contributed by atoms with Crippen molar-refractivity contribution in [1.82, 2.24) is 0 Å². The Hall–Kier alpha value is -5.86. The van der Waals surface area contributed by atoms with Gasteiger partial charge in [0.2, 0.25) is 0 Å². The van der Waals surface area contributed by atoms with Crippen LogP contribution >= 0.6 is 0 Å². The van der Waals surface area contributed by atoms with Gasteiger partial charge >= 0.3 is 0 Å². The molecule has 0 fully saturated rings. The maximum atomic E-state index is 2.38. The molecule has 0 aliphatic rings. The Labute approximate surface area is 257 Å². The minimum absolute atomic E-state index is 1.12. The van der Waals surface area contributed by atoms with Crippen LogP contribution in [-0.2, 0) is 0 Å². The zero-order valence-corrected chi connectivity index (χ0v) is 24.2. The van der Waals surface area contributed by atoms with Crippen LogP contribution < -0.4 is 9.80 Å². The van der Waals surface area contributed by atoms with Gasteiger partial charge in [0.25, 0.3) is 0 Å². The van der Waals surface area contributed by atoms with E-state index in [-0.39, 0.29) is 0 Å². The first-order chi connectivity index (χ1) is 21.8. The lowest BCUT2D eigenvalue weighted by molar-refractivity contribution is 1.28. The molecule has 0 aliphatic carbocycles. The molecule has 0 saturated heterocycles. The average molecular weight is 563 g/mol. The predicted octanol–water partition coefficient (Wildman–Crippen LogP) is 12.1. The highest BCUT2D eigenvalue weighted by Gasteiger charge is 2.21. The van der Waals surface area contributed by atoms with Crippen LogP contribution in [0, 0.1) is 0 Å². The van der Waals surface area contributed by atoms with Gasteiger partial charge in [-0.1, -0.05) is 121 Å². The normalized spacial score (nSPS) is 11.2. The number of rotatable bonds is 6. The largest absolute Gasteiger partial charge is 0.310 e. The average Bonchev–Trinajstić information content (AvgIpc) is 3.10. The Bertz CT molecular complexity index is 2080. The summed E-state index contributed by atoms with van der Waals surface area (Å²) in [4.78, 5) is 4.75. The van der Waals surface area contributed by atoms with Crippen molar-refractivity contribution in [2.45, 2.75) is 0 Å². The van der Waals surface area contributed by atoms with Gasteiger partial charge in [-0.05, 0) is 82.2 Å². The lowest BCUT2D eigenvalue weighted by Crippen LogP contribution is -2.13. The van der Waals surface area contributed by atoms with Crippen molar-refractivity contribution in [1.29, 1.82) is 0 Å². The van der Waals surface area contributed by atoms with Crippen LogP contribution in [0.1, 0.15) is 0 Å². The molecule has 0 aliphatic heterocycles. The van der Waals surface area contributed by atoms with E-state index in [4.69, 9.17) is 0 Å². The van der Waals surface area contributed by atoms with E-state index in [0.717, 1.165) is 34.1 Å². The topological polar surface area (TPSA) is 6.48 Å². The summed E-state index contributed by atoms with van der Waals surface area (Å²) in [6.07, 6.45) is 0. The maximum absolute atomic E-state index is 2.38. The minimum atomic E-state index is 1.12. The van der Waals surface area contributed by atoms with Crippen LogP contribution in [0.15, 0.2) is 182 Å². The van der Waals surface area contributed by atoms with Crippen molar-refractivity contribution in [3.63, 3.8) is 0 Å². The minimum Gasteiger partial charge on any atom is -0.310 e. The van der Waals surface area contributed by atoms with Crippen molar-refractivity contribution in [3.05, 3.63) is 182 Å². The zero-order valence-electron chi connectivity index (χ0n) is 24.2. The molecule has 0 radical (unpaired) electrons. The first-order valence-electron chi connectivity index (χ1n) is 15.0. The van der Waals surface area contributed by atoms with Gasteiger partial charge in [0.15, 0.2) is 0 Å². The monoisotopic (exact) mass is 562 g/mol. The lowest BCUT2D eigenvalue weighted by Gasteiger charge is -2.30. The second-order valence-corrected chi connectivity index (χ2v) is 11.1. The van der Waals surface area contributed by atoms with Gasteiger partial charge in [-0.15, -0.1) is 0 Å². The molecule has 0 aromatic heterocycles. The second-order valence-electron chi connectivity index (χ2n) is 11.1. The number of para-hydroxylation sites is 2. The highest BCUT2D eigenvalue weighted by molar-refractivity contribution is 6.08. The summed E-state index contributed by atoms with van der Waals surface area (Å²) < 4.78 is 0. The zero-order chi connectivity index (χ0) is 29.3. The van der Waals surface area contributed by atoms with E-state index in [9.17, 15) is 0 Å². The van der Waals surface area contributed by atoms with Gasteiger partial charge in [-0.3, -0.25) is 0 Å². The lowest BCUT2D eigenvalue weighted by atomic mass is 10.0. The van der Waals surface area contributed by atoms with E-state index < -0.39 is 0 Å². The van der Waals surface area contributed by atoms with Crippen molar-refractivity contribution in [3.8, 4) is 0 Å². The first kappa shape index (κ1) is 25.8. The van der Waals surface area contributed by atoms with E-state index in [1.165, 1.54) is 32.3 Å². The Kier molecular flexibility index (Phi) is 6.51. The molecule has 0 amide bonds. The second kappa shape index (κ2) is 11.1. The van der Waals surface area contributed by atoms with Crippen molar-refractivity contribution in [2.24, 2.45) is 0 Å². The third kappa shape index (κ3) is 4.63. The van der Waals surface area contributed by atoms with Crippen molar-refractivity contribution in [2.75, 3.05) is 9.80 Å². The van der Waals surface area contributed by atoms with E-state index in [0.29, 0.717) is 0 Å². The fourth-order valence-electron chi connectivity index (χ4n) is 6.30. The highest BCUT2D eigenvalue weighted by atomic mass is 15.2. The molecule has 0 spiro atoms. The van der Waals surface area contributed by atoms with Crippen LogP contribution in [0.3, 0.4) is 0 Å². The maximum Gasteiger partial charge on any atom is 0.0541 e. The quantitative estimate of drug-likeness (QED) is 0.199. The number of anilines is 6. The van der Waals surface area contributed by atoms with E-state index in [1.807, 2.05) is 0 Å². The summed E-state index contributed by atoms with van der Waals surface area (Å²) >= 11 is 0. The Balaban J connectivity index is 1.36. The van der Waals surface area contributed by atoms with Gasteiger partial charge in [0.1, 0.15) is 0 Å². The number of fused-ring (bicyclic) bond motifs is 3. The van der Waals surface area contributed by atoms with Gasteiger partial charge in [0, 0.05) is 33.5 Å². The third-order valence-electron chi connectivity index (χ3n) is 8.37. The number of benzene rings is 8. The first-order valence-corrected chi connectivity index (χ1v) is 15.0. The summed E-state index contributed by atoms with van der Waals surface area (Å²) in [6.45, 7) is 0. The Morgan fingerprint density at radius 2 is 0.614 bits per heavy atom. The molecule has 0 unspecified atom stereocenters. The molecule has 0 atom stereocenters. The molecular formula is C42H30N2. The smallest absolute Gasteiger partial charge is 0.0541 e. The van der Waals surface area contributed by atoms with E-state index in [2.05, 4.69) is 192 Å². The van der Waals surface area contributed by atoms with Crippen molar-refractivity contribution >= 4 is 66.4 Å². The fraction of sp³-hybridized carbons (Fsp3) is 0. The van der Waals surface area contributed by atoms with Gasteiger partial charge in [-0.2, -0.15) is 0 Å². The van der Waals surface area contributed by atoms with Crippen LogP contribution in [-0.4, -0.2) is 0 Å². The molecule has 208 valence electrons. The molecule has 8 aromatic carbocycles. The van der Waals surface area contributed by atoms with E-state index >= 15 is 0 Å². The molecule has 0 bridgehead atoms. The predicted molar refractivity (Wildman–Crippen MR) is 188 cm³/mol. The number of hydrogen-bond donors (Lipinski definition) is 0. The third-order valence-corrected chi connectivity index (χ3v) is 8.37. The van der Waals surface area contributed by atoms with Crippen LogP contribution in [0.2, 0.25) is 0 Å². The SMILES string of the molecule is c1ccc(N(c2ccc3ccccc3c2)c2ccc(N(c3ccccc3)c3ccc4ccccc4c3)c3ccccc23)cc1. The molecule has 0 saturated carbocycles. The molecule has 2 nitrogen and oxygen atoms in total. The summed E-state index contributed by atoms with van der Waals surface area (Å²) in [7, 11) is 0. The summed E-state index contributed by atoms with van der Waals surface area (Å²) in [5.41, 5.74) is 6.77. The fourth-order valence-corrected chi connectivity index (χ4v) is 6.30. The molecule has 8 rings (SSSR count). The molecule has 2 heteroatoms.